The van der Waals surface area contributed by atoms with Gasteiger partial charge >= 0.3 is 6.18 Å². The molecule has 0 aliphatic carbocycles. The van der Waals surface area contributed by atoms with Crippen LogP contribution >= 0.6 is 0 Å². The van der Waals surface area contributed by atoms with Crippen molar-refractivity contribution >= 4 is 22.4 Å². The number of pyridine rings is 1. The van der Waals surface area contributed by atoms with Gasteiger partial charge in [-0.05, 0) is 73.0 Å². The number of fused-ring (bicyclic) bond motifs is 1. The highest BCUT2D eigenvalue weighted by Gasteiger charge is 2.47. The minimum Gasteiger partial charge on any atom is -0.471 e. The summed E-state index contributed by atoms with van der Waals surface area (Å²) in [5, 5.41) is 2.10. The van der Waals surface area contributed by atoms with Crippen LogP contribution in [-0.4, -0.2) is 85.5 Å². The zero-order chi connectivity index (χ0) is 37.6. The molecule has 53 heavy (non-hydrogen) atoms. The number of carbonyl (C=O) groups excluding carboxylic acids is 1. The van der Waals surface area contributed by atoms with Crippen LogP contribution in [0.3, 0.4) is 0 Å². The molecule has 3 heterocycles. The predicted octanol–water partition coefficient (Wildman–Crippen LogP) is 7.44. The molecular formula is C42H53F3N5O3+. The van der Waals surface area contributed by atoms with E-state index >= 15 is 0 Å². The number of aromatic nitrogens is 1. The van der Waals surface area contributed by atoms with Crippen molar-refractivity contribution in [3.8, 4) is 5.88 Å². The molecule has 2 aliphatic rings. The number of primary amides is 1. The number of anilines is 1. The number of hydrogen-bond donors (Lipinski definition) is 1. The maximum atomic E-state index is 13.2. The maximum Gasteiger partial charge on any atom is 0.416 e. The van der Waals surface area contributed by atoms with Crippen molar-refractivity contribution in [1.29, 1.82) is 0 Å². The molecule has 2 N–H and O–H groups in total. The highest BCUT2D eigenvalue weighted by Crippen LogP contribution is 2.35. The molecule has 0 radical (unpaired) electrons. The van der Waals surface area contributed by atoms with E-state index in [0.717, 1.165) is 72.0 Å². The summed E-state index contributed by atoms with van der Waals surface area (Å²) in [5.74, 6) is -0.0756. The molecule has 8 nitrogen and oxygen atoms in total. The SMILES string of the molecule is CCCCc1cc2ccccc2c(OCC[N+](C)(C)C2CC(OC3CCN(c4ccc(C(F)(F)F)cc4)CC3)N(Cc3ccccc3)CC2C(N)=O)n1. The van der Waals surface area contributed by atoms with Gasteiger partial charge < -0.3 is 24.6 Å². The number of carbonyl (C=O) groups is 1. The molecule has 0 saturated carbocycles. The summed E-state index contributed by atoms with van der Waals surface area (Å²) in [6.07, 6.45) is 0.503. The van der Waals surface area contributed by atoms with Crippen molar-refractivity contribution in [2.75, 3.05) is 51.8 Å². The predicted molar refractivity (Wildman–Crippen MR) is 202 cm³/mol. The van der Waals surface area contributed by atoms with E-state index in [1.807, 2.05) is 36.4 Å². The fourth-order valence-electron chi connectivity index (χ4n) is 7.88. The van der Waals surface area contributed by atoms with Gasteiger partial charge in [-0.1, -0.05) is 61.9 Å². The van der Waals surface area contributed by atoms with Crippen LogP contribution < -0.4 is 15.4 Å². The first-order chi connectivity index (χ1) is 25.4. The maximum absolute atomic E-state index is 13.2. The van der Waals surface area contributed by atoms with E-state index in [-0.39, 0.29) is 24.3 Å². The Bertz CT molecular complexity index is 1800. The highest BCUT2D eigenvalue weighted by molar-refractivity contribution is 5.87. The van der Waals surface area contributed by atoms with Crippen molar-refractivity contribution < 1.29 is 31.9 Å². The van der Waals surface area contributed by atoms with Gasteiger partial charge in [0.25, 0.3) is 0 Å². The minimum absolute atomic E-state index is 0.0342. The van der Waals surface area contributed by atoms with Gasteiger partial charge in [0.15, 0.2) is 0 Å². The number of piperidine rings is 2. The molecule has 11 heteroatoms. The van der Waals surface area contributed by atoms with Crippen molar-refractivity contribution in [3.63, 3.8) is 0 Å². The number of nitrogens with two attached hydrogens (primary N) is 1. The summed E-state index contributed by atoms with van der Waals surface area (Å²) in [6.45, 7) is 5.68. The molecule has 3 unspecified atom stereocenters. The number of aryl methyl sites for hydroxylation is 1. The molecule has 6 rings (SSSR count). The fourth-order valence-corrected chi connectivity index (χ4v) is 7.88. The zero-order valence-electron chi connectivity index (χ0n) is 31.1. The standard InChI is InChI=1S/C42H52F3N5O3/c1-4-5-14-33-26-31-13-9-10-15-36(31)41(47-33)52-25-24-50(2,3)38-27-39(49(29-37(38)40(46)51)28-30-11-7-6-8-12-30)53-35-20-22-48(23-21-35)34-18-16-32(17-19-34)42(43,44)45/h6-13,15-19,26,35,37-39H,4-5,14,20-25,27-29H2,1-3H3,(H-,46,51)/p+1. The van der Waals surface area contributed by atoms with E-state index in [1.165, 1.54) is 0 Å². The van der Waals surface area contributed by atoms with Crippen LogP contribution in [0.4, 0.5) is 18.9 Å². The number of amides is 1. The van der Waals surface area contributed by atoms with Crippen LogP contribution in [0, 0.1) is 5.92 Å². The number of nitrogens with zero attached hydrogens (tertiary/aromatic N) is 4. The third-order valence-electron chi connectivity index (χ3n) is 11.0. The molecule has 2 saturated heterocycles. The monoisotopic (exact) mass is 732 g/mol. The van der Waals surface area contributed by atoms with E-state index in [1.54, 1.807) is 12.1 Å². The molecule has 3 atom stereocenters. The van der Waals surface area contributed by atoms with Gasteiger partial charge in [0.1, 0.15) is 31.3 Å². The van der Waals surface area contributed by atoms with Crippen LogP contribution in [-0.2, 0) is 28.7 Å². The number of quaternary nitrogens is 1. The Morgan fingerprint density at radius 3 is 2.36 bits per heavy atom. The summed E-state index contributed by atoms with van der Waals surface area (Å²) in [5.41, 5.74) is 8.45. The number of likely N-dealkylation sites (tertiary alicyclic amines) is 1. The second-order valence-corrected chi connectivity index (χ2v) is 15.1. The largest absolute Gasteiger partial charge is 0.471 e. The van der Waals surface area contributed by atoms with Crippen LogP contribution in [0.2, 0.25) is 0 Å². The third kappa shape index (κ3) is 9.68. The number of unbranched alkanes of at least 4 members (excludes halogenated alkanes) is 1. The number of halogens is 3. The molecule has 0 spiro atoms. The van der Waals surface area contributed by atoms with Crippen molar-refractivity contribution in [2.45, 2.75) is 76.5 Å². The molecular weight excluding hydrogens is 679 g/mol. The first-order valence-corrected chi connectivity index (χ1v) is 18.9. The van der Waals surface area contributed by atoms with E-state index in [0.29, 0.717) is 56.1 Å². The Kier molecular flexibility index (Phi) is 12.3. The first kappa shape index (κ1) is 38.5. The van der Waals surface area contributed by atoms with Gasteiger partial charge in [0.2, 0.25) is 11.8 Å². The topological polar surface area (TPSA) is 80.9 Å². The summed E-state index contributed by atoms with van der Waals surface area (Å²) < 4.78 is 53.3. The lowest BCUT2D eigenvalue weighted by Crippen LogP contribution is -2.64. The van der Waals surface area contributed by atoms with Crippen molar-refractivity contribution in [2.24, 2.45) is 11.7 Å². The lowest BCUT2D eigenvalue weighted by Gasteiger charge is -2.49. The number of alkyl halides is 3. The number of rotatable bonds is 14. The van der Waals surface area contributed by atoms with Gasteiger partial charge in [-0.3, -0.25) is 9.69 Å². The molecule has 2 fully saturated rings. The third-order valence-corrected chi connectivity index (χ3v) is 11.0. The number of benzene rings is 3. The average molecular weight is 733 g/mol. The van der Waals surface area contributed by atoms with Crippen LogP contribution in [0.25, 0.3) is 10.8 Å². The Morgan fingerprint density at radius 1 is 0.981 bits per heavy atom. The Hall–Kier alpha value is -4.19. The van der Waals surface area contributed by atoms with Crippen molar-refractivity contribution in [3.05, 3.63) is 102 Å². The van der Waals surface area contributed by atoms with Gasteiger partial charge in [-0.15, -0.1) is 0 Å². The van der Waals surface area contributed by atoms with Gasteiger partial charge in [0.05, 0.1) is 25.8 Å². The molecule has 1 aromatic heterocycles. The van der Waals surface area contributed by atoms with E-state index < -0.39 is 17.7 Å². The lowest BCUT2D eigenvalue weighted by molar-refractivity contribution is -0.919. The normalized spacial score (nSPS) is 20.5. The fraction of sp³-hybridized carbons (Fsp3) is 0.476. The summed E-state index contributed by atoms with van der Waals surface area (Å²) in [6, 6.07) is 25.8. The Balaban J connectivity index is 1.15. The smallest absolute Gasteiger partial charge is 0.416 e. The van der Waals surface area contributed by atoms with Crippen LogP contribution in [0.1, 0.15) is 55.8 Å². The summed E-state index contributed by atoms with van der Waals surface area (Å²) in [7, 11) is 4.28. The van der Waals surface area contributed by atoms with E-state index in [4.69, 9.17) is 20.2 Å². The van der Waals surface area contributed by atoms with Gasteiger partial charge in [0, 0.05) is 49.4 Å². The molecule has 3 aromatic carbocycles. The molecule has 2 aliphatic heterocycles. The molecule has 0 bridgehead atoms. The van der Waals surface area contributed by atoms with Gasteiger partial charge in [-0.25, -0.2) is 4.98 Å². The summed E-state index contributed by atoms with van der Waals surface area (Å²) in [4.78, 5) is 22.4. The van der Waals surface area contributed by atoms with Gasteiger partial charge in [-0.2, -0.15) is 13.2 Å². The zero-order valence-corrected chi connectivity index (χ0v) is 31.1. The van der Waals surface area contributed by atoms with Crippen LogP contribution in [0.15, 0.2) is 84.9 Å². The Labute approximate surface area is 311 Å². The van der Waals surface area contributed by atoms with E-state index in [2.05, 4.69) is 55.1 Å². The quantitative estimate of drug-likeness (QED) is 0.136. The molecule has 284 valence electrons. The highest BCUT2D eigenvalue weighted by atomic mass is 19.4. The average Bonchev–Trinajstić information content (AvgIpc) is 3.14. The Morgan fingerprint density at radius 2 is 1.68 bits per heavy atom. The van der Waals surface area contributed by atoms with E-state index in [9.17, 15) is 18.0 Å². The second-order valence-electron chi connectivity index (χ2n) is 15.1. The van der Waals surface area contributed by atoms with Crippen molar-refractivity contribution in [1.82, 2.24) is 9.88 Å². The number of hydrogen-bond acceptors (Lipinski definition) is 6. The number of likely N-dealkylation sites (N-methyl/N-ethyl adjacent to an activating group) is 1. The molecule has 1 amide bonds. The lowest BCUT2D eigenvalue weighted by atomic mass is 9.87. The van der Waals surface area contributed by atoms with Crippen LogP contribution in [0.5, 0.6) is 5.88 Å². The second kappa shape index (κ2) is 16.9. The first-order valence-electron chi connectivity index (χ1n) is 18.9. The number of ether oxygens (including phenoxy) is 2. The minimum atomic E-state index is -4.36. The molecule has 4 aromatic rings. The summed E-state index contributed by atoms with van der Waals surface area (Å²) >= 11 is 0.